The SMILES string of the molecule is Cc1csc(=O)n1CC(=O)O[C@H](C)C(=O)N[C@@H]1CCS(=O)(=O)C1. The van der Waals surface area contributed by atoms with Crippen molar-refractivity contribution in [2.75, 3.05) is 11.5 Å². The van der Waals surface area contributed by atoms with Crippen LogP contribution in [0.2, 0.25) is 0 Å². The lowest BCUT2D eigenvalue weighted by molar-refractivity contribution is -0.155. The number of hydrogen-bond acceptors (Lipinski definition) is 7. The van der Waals surface area contributed by atoms with Crippen LogP contribution in [0.15, 0.2) is 10.2 Å². The predicted octanol–water partition coefficient (Wildman–Crippen LogP) is -0.547. The molecule has 2 atom stereocenters. The monoisotopic (exact) mass is 362 g/mol. The van der Waals surface area contributed by atoms with Gasteiger partial charge in [-0.2, -0.15) is 0 Å². The summed E-state index contributed by atoms with van der Waals surface area (Å²) < 4.78 is 29.0. The third-order valence-corrected chi connectivity index (χ3v) is 6.17. The minimum atomic E-state index is -3.09. The maximum absolute atomic E-state index is 11.9. The van der Waals surface area contributed by atoms with Gasteiger partial charge in [-0.25, -0.2) is 8.42 Å². The van der Waals surface area contributed by atoms with E-state index in [-0.39, 0.29) is 22.9 Å². The molecule has 0 saturated carbocycles. The number of hydrogen-bond donors (Lipinski definition) is 1. The fourth-order valence-corrected chi connectivity index (χ4v) is 4.65. The van der Waals surface area contributed by atoms with Gasteiger partial charge in [0, 0.05) is 17.1 Å². The summed E-state index contributed by atoms with van der Waals surface area (Å²) in [5.41, 5.74) is 0.644. The molecule has 0 unspecified atom stereocenters. The summed E-state index contributed by atoms with van der Waals surface area (Å²) in [5.74, 6) is -1.29. The van der Waals surface area contributed by atoms with E-state index in [1.165, 1.54) is 11.5 Å². The number of amides is 1. The number of nitrogens with zero attached hydrogens (tertiary/aromatic N) is 1. The molecule has 1 amide bonds. The molecule has 1 aliphatic heterocycles. The molecular weight excluding hydrogens is 344 g/mol. The Morgan fingerprint density at radius 3 is 2.74 bits per heavy atom. The molecule has 1 saturated heterocycles. The predicted molar refractivity (Wildman–Crippen MR) is 84.1 cm³/mol. The Bertz CT molecular complexity index is 764. The topological polar surface area (TPSA) is 112 Å². The molecule has 2 heterocycles. The van der Waals surface area contributed by atoms with Crippen LogP contribution in [0, 0.1) is 6.92 Å². The maximum atomic E-state index is 11.9. The van der Waals surface area contributed by atoms with Crippen LogP contribution in [0.25, 0.3) is 0 Å². The van der Waals surface area contributed by atoms with Crippen molar-refractivity contribution in [1.29, 1.82) is 0 Å². The number of carbonyl (C=O) groups excluding carboxylic acids is 2. The highest BCUT2D eigenvalue weighted by molar-refractivity contribution is 7.91. The average Bonchev–Trinajstić information content (AvgIpc) is 2.94. The van der Waals surface area contributed by atoms with Crippen LogP contribution >= 0.6 is 11.3 Å². The molecule has 0 spiro atoms. The van der Waals surface area contributed by atoms with Gasteiger partial charge in [0.1, 0.15) is 6.54 Å². The molecule has 0 bridgehead atoms. The van der Waals surface area contributed by atoms with E-state index >= 15 is 0 Å². The molecule has 23 heavy (non-hydrogen) atoms. The Morgan fingerprint density at radius 2 is 2.22 bits per heavy atom. The summed E-state index contributed by atoms with van der Waals surface area (Å²) in [5, 5.41) is 4.19. The Kier molecular flexibility index (Phi) is 5.25. The van der Waals surface area contributed by atoms with E-state index in [0.29, 0.717) is 12.1 Å². The lowest BCUT2D eigenvalue weighted by Gasteiger charge is -2.16. The van der Waals surface area contributed by atoms with Crippen molar-refractivity contribution in [2.45, 2.75) is 39.0 Å². The second-order valence-corrected chi connectivity index (χ2v) is 8.52. The Balaban J connectivity index is 1.86. The van der Waals surface area contributed by atoms with Crippen molar-refractivity contribution in [2.24, 2.45) is 0 Å². The summed E-state index contributed by atoms with van der Waals surface area (Å²) in [6.07, 6.45) is -0.696. The van der Waals surface area contributed by atoms with Crippen molar-refractivity contribution in [1.82, 2.24) is 9.88 Å². The first-order valence-corrected chi connectivity index (χ1v) is 9.73. The highest BCUT2D eigenvalue weighted by Gasteiger charge is 2.30. The van der Waals surface area contributed by atoms with Crippen molar-refractivity contribution >= 4 is 33.1 Å². The van der Waals surface area contributed by atoms with Crippen molar-refractivity contribution in [3.05, 3.63) is 20.7 Å². The van der Waals surface area contributed by atoms with E-state index in [1.807, 2.05) is 0 Å². The number of carbonyl (C=O) groups is 2. The smallest absolute Gasteiger partial charge is 0.326 e. The second-order valence-electron chi connectivity index (χ2n) is 5.47. The minimum Gasteiger partial charge on any atom is -0.451 e. The zero-order valence-corrected chi connectivity index (χ0v) is 14.4. The first kappa shape index (κ1) is 17.7. The van der Waals surface area contributed by atoms with Gasteiger partial charge < -0.3 is 10.1 Å². The van der Waals surface area contributed by atoms with Gasteiger partial charge in [-0.3, -0.25) is 19.0 Å². The fourth-order valence-electron chi connectivity index (χ4n) is 2.24. The average molecular weight is 362 g/mol. The number of rotatable bonds is 5. The quantitative estimate of drug-likeness (QED) is 0.704. The lowest BCUT2D eigenvalue weighted by atomic mass is 10.2. The largest absolute Gasteiger partial charge is 0.451 e. The van der Waals surface area contributed by atoms with Crippen molar-refractivity contribution in [3.63, 3.8) is 0 Å². The van der Waals surface area contributed by atoms with E-state index in [2.05, 4.69) is 5.32 Å². The summed E-state index contributed by atoms with van der Waals surface area (Å²) in [6, 6.07) is -0.449. The Hall–Kier alpha value is -1.68. The standard InChI is InChI=1S/C13H18N2O6S2/c1-8-6-22-13(18)15(8)5-11(16)21-9(2)12(17)14-10-3-4-23(19,20)7-10/h6,9-10H,3-5,7H2,1-2H3,(H,14,17)/t9-,10-/m1/s1. The fraction of sp³-hybridized carbons (Fsp3) is 0.615. The number of sulfone groups is 1. The minimum absolute atomic E-state index is 0.0481. The summed E-state index contributed by atoms with van der Waals surface area (Å²) >= 11 is 0.983. The molecule has 1 aromatic heterocycles. The second kappa shape index (κ2) is 6.83. The van der Waals surface area contributed by atoms with Crippen LogP contribution in [0.1, 0.15) is 19.0 Å². The zero-order chi connectivity index (χ0) is 17.2. The number of aromatic nitrogens is 1. The van der Waals surface area contributed by atoms with E-state index in [4.69, 9.17) is 4.74 Å². The van der Waals surface area contributed by atoms with E-state index in [1.54, 1.807) is 12.3 Å². The Labute approximate surface area is 137 Å². The molecule has 10 heteroatoms. The third kappa shape index (κ3) is 4.64. The van der Waals surface area contributed by atoms with E-state index in [9.17, 15) is 22.8 Å². The summed E-state index contributed by atoms with van der Waals surface area (Å²) in [7, 11) is -3.09. The zero-order valence-electron chi connectivity index (χ0n) is 12.8. The molecule has 0 aliphatic carbocycles. The number of ether oxygens (including phenoxy) is 1. The van der Waals surface area contributed by atoms with Gasteiger partial charge in [0.2, 0.25) is 0 Å². The molecule has 128 valence electrons. The van der Waals surface area contributed by atoms with Crippen molar-refractivity contribution < 1.29 is 22.7 Å². The van der Waals surface area contributed by atoms with Gasteiger partial charge in [-0.15, -0.1) is 0 Å². The van der Waals surface area contributed by atoms with Crippen LogP contribution in [0.4, 0.5) is 0 Å². The van der Waals surface area contributed by atoms with Crippen LogP contribution in [0.5, 0.6) is 0 Å². The third-order valence-electron chi connectivity index (χ3n) is 3.52. The Morgan fingerprint density at radius 1 is 1.52 bits per heavy atom. The van der Waals surface area contributed by atoms with Crippen molar-refractivity contribution in [3.8, 4) is 0 Å². The summed E-state index contributed by atoms with van der Waals surface area (Å²) in [6.45, 7) is 2.84. The molecular formula is C13H18N2O6S2. The van der Waals surface area contributed by atoms with Gasteiger partial charge in [0.15, 0.2) is 15.9 Å². The van der Waals surface area contributed by atoms with Gasteiger partial charge in [-0.05, 0) is 20.3 Å². The first-order valence-electron chi connectivity index (χ1n) is 7.03. The highest BCUT2D eigenvalue weighted by atomic mass is 32.2. The molecule has 1 fully saturated rings. The molecule has 0 aromatic carbocycles. The van der Waals surface area contributed by atoms with Crippen LogP contribution in [-0.4, -0.2) is 48.5 Å². The van der Waals surface area contributed by atoms with Crippen LogP contribution in [0.3, 0.4) is 0 Å². The van der Waals surface area contributed by atoms with Gasteiger partial charge >= 0.3 is 10.8 Å². The highest BCUT2D eigenvalue weighted by Crippen LogP contribution is 2.11. The normalized spacial score (nSPS) is 20.9. The molecule has 2 rings (SSSR count). The molecule has 1 N–H and O–H groups in total. The van der Waals surface area contributed by atoms with Crippen LogP contribution in [-0.2, 0) is 30.7 Å². The van der Waals surface area contributed by atoms with Gasteiger partial charge in [0.25, 0.3) is 5.91 Å². The van der Waals surface area contributed by atoms with Gasteiger partial charge in [0.05, 0.1) is 11.5 Å². The number of esters is 1. The first-order chi connectivity index (χ1) is 10.7. The lowest BCUT2D eigenvalue weighted by Crippen LogP contribution is -2.43. The van der Waals surface area contributed by atoms with Crippen LogP contribution < -0.4 is 10.2 Å². The molecule has 1 aliphatic rings. The van der Waals surface area contributed by atoms with E-state index < -0.39 is 33.9 Å². The number of nitrogens with one attached hydrogen (secondary N) is 1. The number of aryl methyl sites for hydroxylation is 1. The molecule has 8 nitrogen and oxygen atoms in total. The summed E-state index contributed by atoms with van der Waals surface area (Å²) in [4.78, 5) is 35.0. The van der Waals surface area contributed by atoms with Gasteiger partial charge in [-0.1, -0.05) is 11.3 Å². The maximum Gasteiger partial charge on any atom is 0.326 e. The van der Waals surface area contributed by atoms with E-state index in [0.717, 1.165) is 11.3 Å². The number of thiazole rings is 1. The molecule has 0 radical (unpaired) electrons. The molecule has 1 aromatic rings.